The van der Waals surface area contributed by atoms with E-state index in [0.29, 0.717) is 19.6 Å². The summed E-state index contributed by atoms with van der Waals surface area (Å²) in [4.78, 5) is 12.0. The van der Waals surface area contributed by atoms with Gasteiger partial charge in [0, 0.05) is 25.7 Å². The molecule has 6 nitrogen and oxygen atoms in total. The Morgan fingerprint density at radius 1 is 1.33 bits per heavy atom. The SMILES string of the molecule is C[C@@H](O)C[C@@H](CNC(=O)COCc1ccnn1C)c1ccccc1. The number of nitrogens with zero attached hydrogens (tertiary/aromatic N) is 2. The van der Waals surface area contributed by atoms with Gasteiger partial charge < -0.3 is 15.2 Å². The van der Waals surface area contributed by atoms with Crippen LogP contribution in [-0.2, 0) is 23.2 Å². The van der Waals surface area contributed by atoms with Crippen molar-refractivity contribution >= 4 is 5.91 Å². The highest BCUT2D eigenvalue weighted by atomic mass is 16.5. The van der Waals surface area contributed by atoms with Crippen molar-refractivity contribution < 1.29 is 14.6 Å². The minimum Gasteiger partial charge on any atom is -0.393 e. The number of ether oxygens (including phenoxy) is 1. The predicted molar refractivity (Wildman–Crippen MR) is 91.4 cm³/mol. The van der Waals surface area contributed by atoms with Gasteiger partial charge in [-0.25, -0.2) is 0 Å². The topological polar surface area (TPSA) is 76.4 Å². The second kappa shape index (κ2) is 9.20. The maximum absolute atomic E-state index is 12.0. The first-order valence-electron chi connectivity index (χ1n) is 8.10. The van der Waals surface area contributed by atoms with Gasteiger partial charge in [0.05, 0.1) is 18.4 Å². The quantitative estimate of drug-likeness (QED) is 0.732. The van der Waals surface area contributed by atoms with Crippen molar-refractivity contribution in [1.82, 2.24) is 15.1 Å². The lowest BCUT2D eigenvalue weighted by molar-refractivity contribution is -0.126. The Morgan fingerprint density at radius 3 is 2.71 bits per heavy atom. The van der Waals surface area contributed by atoms with E-state index in [0.717, 1.165) is 11.3 Å². The Hall–Kier alpha value is -2.18. The number of aliphatic hydroxyl groups excluding tert-OH is 1. The van der Waals surface area contributed by atoms with Crippen LogP contribution in [0.3, 0.4) is 0 Å². The number of carbonyl (C=O) groups is 1. The summed E-state index contributed by atoms with van der Waals surface area (Å²) in [6, 6.07) is 11.8. The van der Waals surface area contributed by atoms with E-state index in [-0.39, 0.29) is 18.4 Å². The summed E-state index contributed by atoms with van der Waals surface area (Å²) in [5.74, 6) is -0.0871. The first-order valence-corrected chi connectivity index (χ1v) is 8.10. The zero-order valence-electron chi connectivity index (χ0n) is 14.2. The summed E-state index contributed by atoms with van der Waals surface area (Å²) in [5.41, 5.74) is 2.02. The van der Waals surface area contributed by atoms with Crippen molar-refractivity contribution in [3.8, 4) is 0 Å². The summed E-state index contributed by atoms with van der Waals surface area (Å²) >= 11 is 0. The van der Waals surface area contributed by atoms with Crippen molar-refractivity contribution in [2.45, 2.75) is 32.0 Å². The molecule has 0 unspecified atom stereocenters. The highest BCUT2D eigenvalue weighted by Crippen LogP contribution is 2.20. The van der Waals surface area contributed by atoms with Gasteiger partial charge in [-0.05, 0) is 25.0 Å². The Morgan fingerprint density at radius 2 is 2.08 bits per heavy atom. The summed E-state index contributed by atoms with van der Waals surface area (Å²) in [6.07, 6.45) is 1.87. The van der Waals surface area contributed by atoms with Crippen LogP contribution in [0.25, 0.3) is 0 Å². The normalized spacial score (nSPS) is 13.5. The first kappa shape index (κ1) is 18.2. The molecule has 0 saturated heterocycles. The van der Waals surface area contributed by atoms with E-state index < -0.39 is 6.10 Å². The van der Waals surface area contributed by atoms with Crippen LogP contribution < -0.4 is 5.32 Å². The molecule has 0 radical (unpaired) electrons. The Balaban J connectivity index is 1.78. The summed E-state index contributed by atoms with van der Waals surface area (Å²) in [7, 11) is 1.83. The second-order valence-corrected chi connectivity index (χ2v) is 5.94. The lowest BCUT2D eigenvalue weighted by Crippen LogP contribution is -2.32. The molecule has 1 aromatic heterocycles. The number of amides is 1. The van der Waals surface area contributed by atoms with E-state index in [1.54, 1.807) is 17.8 Å². The smallest absolute Gasteiger partial charge is 0.246 e. The van der Waals surface area contributed by atoms with Crippen molar-refractivity contribution in [1.29, 1.82) is 0 Å². The van der Waals surface area contributed by atoms with Crippen LogP contribution >= 0.6 is 0 Å². The highest BCUT2D eigenvalue weighted by molar-refractivity contribution is 5.77. The molecular formula is C18H25N3O3. The minimum atomic E-state index is -0.423. The maximum Gasteiger partial charge on any atom is 0.246 e. The molecule has 2 aromatic rings. The minimum absolute atomic E-state index is 0.00136. The number of nitrogens with one attached hydrogen (secondary N) is 1. The number of carbonyl (C=O) groups excluding carboxylic acids is 1. The molecule has 0 spiro atoms. The molecule has 130 valence electrons. The molecule has 6 heteroatoms. The Labute approximate surface area is 142 Å². The average Bonchev–Trinajstić information content (AvgIpc) is 2.97. The zero-order valence-corrected chi connectivity index (χ0v) is 14.2. The third kappa shape index (κ3) is 5.79. The number of aryl methyl sites for hydroxylation is 1. The van der Waals surface area contributed by atoms with Crippen LogP contribution in [0.1, 0.15) is 30.5 Å². The van der Waals surface area contributed by atoms with E-state index in [9.17, 15) is 9.90 Å². The lowest BCUT2D eigenvalue weighted by atomic mass is 9.93. The fourth-order valence-electron chi connectivity index (χ4n) is 2.55. The number of aromatic nitrogens is 2. The summed E-state index contributed by atoms with van der Waals surface area (Å²) in [6.45, 7) is 2.58. The number of aliphatic hydroxyl groups is 1. The molecule has 2 rings (SSSR count). The van der Waals surface area contributed by atoms with Crippen LogP contribution in [-0.4, -0.2) is 40.0 Å². The maximum atomic E-state index is 12.0. The molecule has 1 heterocycles. The first-order chi connectivity index (χ1) is 11.6. The lowest BCUT2D eigenvalue weighted by Gasteiger charge is -2.19. The van der Waals surface area contributed by atoms with Gasteiger partial charge in [0.25, 0.3) is 0 Å². The standard InChI is InChI=1S/C18H25N3O3/c1-14(22)10-16(15-6-4-3-5-7-15)11-19-18(23)13-24-12-17-8-9-20-21(17)2/h3-9,14,16,22H,10-13H2,1-2H3,(H,19,23)/t14-,16+/m1/s1. The second-order valence-electron chi connectivity index (χ2n) is 5.94. The highest BCUT2D eigenvalue weighted by Gasteiger charge is 2.15. The average molecular weight is 331 g/mol. The monoisotopic (exact) mass is 331 g/mol. The molecule has 0 saturated carbocycles. The Kier molecular flexibility index (Phi) is 6.96. The van der Waals surface area contributed by atoms with Crippen molar-refractivity contribution in [3.63, 3.8) is 0 Å². The van der Waals surface area contributed by atoms with E-state index in [1.165, 1.54) is 0 Å². The van der Waals surface area contributed by atoms with Crippen molar-refractivity contribution in [2.24, 2.45) is 7.05 Å². The van der Waals surface area contributed by atoms with Crippen LogP contribution in [0.5, 0.6) is 0 Å². The third-order valence-corrected chi connectivity index (χ3v) is 3.85. The van der Waals surface area contributed by atoms with Gasteiger partial charge in [0.2, 0.25) is 5.91 Å². The number of rotatable bonds is 9. The molecule has 0 aliphatic heterocycles. The summed E-state index contributed by atoms with van der Waals surface area (Å²) < 4.78 is 7.13. The third-order valence-electron chi connectivity index (χ3n) is 3.85. The Bertz CT molecular complexity index is 625. The fraction of sp³-hybridized carbons (Fsp3) is 0.444. The van der Waals surface area contributed by atoms with Gasteiger partial charge in [-0.3, -0.25) is 9.48 Å². The largest absolute Gasteiger partial charge is 0.393 e. The number of hydrogen-bond acceptors (Lipinski definition) is 4. The zero-order chi connectivity index (χ0) is 17.4. The molecule has 0 fully saturated rings. The van der Waals surface area contributed by atoms with Crippen LogP contribution in [0.2, 0.25) is 0 Å². The van der Waals surface area contributed by atoms with E-state index >= 15 is 0 Å². The van der Waals surface area contributed by atoms with E-state index in [4.69, 9.17) is 4.74 Å². The van der Waals surface area contributed by atoms with Gasteiger partial charge in [-0.1, -0.05) is 30.3 Å². The van der Waals surface area contributed by atoms with Crippen LogP contribution in [0.15, 0.2) is 42.6 Å². The number of hydrogen-bond donors (Lipinski definition) is 2. The molecule has 1 amide bonds. The molecule has 0 aliphatic rings. The van der Waals surface area contributed by atoms with Crippen LogP contribution in [0, 0.1) is 0 Å². The molecule has 24 heavy (non-hydrogen) atoms. The summed E-state index contributed by atoms with van der Waals surface area (Å²) in [5, 5.41) is 16.6. The van der Waals surface area contributed by atoms with Gasteiger partial charge in [0.15, 0.2) is 0 Å². The molecule has 2 N–H and O–H groups in total. The fourth-order valence-corrected chi connectivity index (χ4v) is 2.55. The van der Waals surface area contributed by atoms with Crippen molar-refractivity contribution in [2.75, 3.05) is 13.2 Å². The van der Waals surface area contributed by atoms with Gasteiger partial charge in [-0.2, -0.15) is 5.10 Å². The van der Waals surface area contributed by atoms with Gasteiger partial charge in [-0.15, -0.1) is 0 Å². The van der Waals surface area contributed by atoms with Gasteiger partial charge in [0.1, 0.15) is 6.61 Å². The van der Waals surface area contributed by atoms with E-state index in [1.807, 2.05) is 43.4 Å². The van der Waals surface area contributed by atoms with Crippen LogP contribution in [0.4, 0.5) is 0 Å². The molecule has 0 bridgehead atoms. The predicted octanol–water partition coefficient (Wildman–Crippen LogP) is 1.61. The van der Waals surface area contributed by atoms with E-state index in [2.05, 4.69) is 10.4 Å². The molecule has 0 aliphatic carbocycles. The number of benzene rings is 1. The molecule has 2 atom stereocenters. The van der Waals surface area contributed by atoms with Crippen molar-refractivity contribution in [3.05, 3.63) is 53.9 Å². The van der Waals surface area contributed by atoms with Gasteiger partial charge >= 0.3 is 0 Å². The molecular weight excluding hydrogens is 306 g/mol. The molecule has 1 aromatic carbocycles.